The topological polar surface area (TPSA) is 46.2 Å². The number of piperidine rings is 1. The van der Waals surface area contributed by atoms with Crippen molar-refractivity contribution in [3.63, 3.8) is 0 Å². The molecule has 12 heavy (non-hydrogen) atoms. The third kappa shape index (κ3) is 1.10. The molecule has 2 fully saturated rings. The molecule has 0 aromatic carbocycles. The summed E-state index contributed by atoms with van der Waals surface area (Å²) in [6.07, 6.45) is 2.42. The molecule has 0 spiro atoms. The zero-order valence-electron chi connectivity index (χ0n) is 7.79. The first-order chi connectivity index (χ1) is 5.58. The standard InChI is InChI=1S/C8H18BN2O/c9-11-3-1-2-7(4-11)8(12,5-10)6-11/h7,12H,1-6,9-10H2/q+1/t7-,8-,11-/m0/s1. The van der Waals surface area contributed by atoms with Gasteiger partial charge >= 0.3 is 7.98 Å². The lowest BCUT2D eigenvalue weighted by atomic mass is 9.87. The van der Waals surface area contributed by atoms with Crippen molar-refractivity contribution >= 4 is 7.98 Å². The van der Waals surface area contributed by atoms with Gasteiger partial charge in [0, 0.05) is 12.5 Å². The summed E-state index contributed by atoms with van der Waals surface area (Å²) in [6, 6.07) is 0. The third-order valence-electron chi connectivity index (χ3n) is 3.68. The molecule has 4 heteroatoms. The van der Waals surface area contributed by atoms with E-state index in [1.165, 1.54) is 19.4 Å². The van der Waals surface area contributed by atoms with Crippen molar-refractivity contribution < 1.29 is 9.50 Å². The molecule has 0 unspecified atom stereocenters. The first kappa shape index (κ1) is 8.54. The molecule has 0 aliphatic carbocycles. The maximum absolute atomic E-state index is 10.2. The fourth-order valence-electron chi connectivity index (χ4n) is 3.04. The Labute approximate surface area is 74.6 Å². The molecule has 2 bridgehead atoms. The zero-order chi connectivity index (χ0) is 8.82. The lowest BCUT2D eigenvalue weighted by Crippen LogP contribution is -2.49. The summed E-state index contributed by atoms with van der Waals surface area (Å²) in [7, 11) is 2.24. The fraction of sp³-hybridized carbons (Fsp3) is 1.00. The Morgan fingerprint density at radius 3 is 3.00 bits per heavy atom. The molecule has 2 aliphatic rings. The predicted octanol–water partition coefficient (Wildman–Crippen LogP) is -1.54. The van der Waals surface area contributed by atoms with E-state index in [0.717, 1.165) is 17.5 Å². The van der Waals surface area contributed by atoms with Crippen molar-refractivity contribution in [3.05, 3.63) is 0 Å². The quantitative estimate of drug-likeness (QED) is 0.467. The number of aliphatic hydroxyl groups is 1. The Kier molecular flexibility index (Phi) is 1.76. The van der Waals surface area contributed by atoms with Crippen LogP contribution in [-0.4, -0.2) is 49.3 Å². The van der Waals surface area contributed by atoms with Gasteiger partial charge in [-0.3, -0.25) is 0 Å². The van der Waals surface area contributed by atoms with Gasteiger partial charge in [0.05, 0.1) is 19.6 Å². The van der Waals surface area contributed by atoms with Crippen molar-refractivity contribution in [3.8, 4) is 0 Å². The molecular formula is C8H18BN2O+. The van der Waals surface area contributed by atoms with Crippen molar-refractivity contribution in [1.29, 1.82) is 0 Å². The molecule has 3 nitrogen and oxygen atoms in total. The summed E-state index contributed by atoms with van der Waals surface area (Å²) in [5.41, 5.74) is 5.07. The normalized spacial score (nSPS) is 52.7. The van der Waals surface area contributed by atoms with Crippen molar-refractivity contribution in [1.82, 2.24) is 0 Å². The minimum absolute atomic E-state index is 0.436. The first-order valence-corrected chi connectivity index (χ1v) is 4.84. The van der Waals surface area contributed by atoms with Gasteiger partial charge < -0.3 is 15.2 Å². The molecule has 0 amide bonds. The molecule has 3 N–H and O–H groups in total. The summed E-state index contributed by atoms with van der Waals surface area (Å²) in [5, 5.41) is 10.2. The van der Waals surface area contributed by atoms with Gasteiger partial charge in [-0.05, 0) is 12.8 Å². The van der Waals surface area contributed by atoms with Gasteiger partial charge in [-0.15, -0.1) is 0 Å². The van der Waals surface area contributed by atoms with E-state index >= 15 is 0 Å². The average Bonchev–Trinajstić information content (AvgIpc) is 2.20. The van der Waals surface area contributed by atoms with E-state index in [0.29, 0.717) is 12.5 Å². The summed E-state index contributed by atoms with van der Waals surface area (Å²) in [5.74, 6) is 0.459. The van der Waals surface area contributed by atoms with E-state index in [1.807, 2.05) is 0 Å². The lowest BCUT2D eigenvalue weighted by molar-refractivity contribution is -0.812. The molecule has 2 aliphatic heterocycles. The Morgan fingerprint density at radius 2 is 2.42 bits per heavy atom. The number of nitrogens with two attached hydrogens (primary N) is 1. The van der Waals surface area contributed by atoms with Gasteiger partial charge in [0.25, 0.3) is 0 Å². The van der Waals surface area contributed by atoms with E-state index in [9.17, 15) is 5.11 Å². The monoisotopic (exact) mass is 169 g/mol. The van der Waals surface area contributed by atoms with Crippen LogP contribution >= 0.6 is 0 Å². The summed E-state index contributed by atoms with van der Waals surface area (Å²) in [6.45, 7) is 3.66. The smallest absolute Gasteiger partial charge is 0.372 e. The molecule has 0 aromatic rings. The maximum Gasteiger partial charge on any atom is 0.372 e. The molecule has 2 rings (SSSR count). The SMILES string of the molecule is B[N@@+]12CCC[C@@H](C1)[C@](O)(CN)C2. The van der Waals surface area contributed by atoms with Crippen molar-refractivity contribution in [2.75, 3.05) is 26.2 Å². The minimum Gasteiger partial charge on any atom is -0.397 e. The number of hydrogen-bond acceptors (Lipinski definition) is 2. The molecule has 3 atom stereocenters. The zero-order valence-corrected chi connectivity index (χ0v) is 7.79. The number of nitrogens with zero attached hydrogens (tertiary/aromatic N) is 1. The molecule has 68 valence electrons. The van der Waals surface area contributed by atoms with Crippen LogP contribution in [0.4, 0.5) is 0 Å². The Bertz CT molecular complexity index is 201. The molecule has 0 aromatic heterocycles. The Balaban J connectivity index is 2.22. The number of hydrogen-bond donors (Lipinski definition) is 2. The lowest BCUT2D eigenvalue weighted by Gasteiger charge is -2.34. The van der Waals surface area contributed by atoms with Crippen LogP contribution < -0.4 is 5.73 Å². The van der Waals surface area contributed by atoms with Gasteiger partial charge in [-0.25, -0.2) is 0 Å². The van der Waals surface area contributed by atoms with Crippen LogP contribution in [0, 0.1) is 5.92 Å². The third-order valence-corrected chi connectivity index (χ3v) is 3.68. The van der Waals surface area contributed by atoms with Crippen LogP contribution in [0.3, 0.4) is 0 Å². The molecule has 0 saturated carbocycles. The van der Waals surface area contributed by atoms with Crippen LogP contribution in [0.5, 0.6) is 0 Å². The highest BCUT2D eigenvalue weighted by Crippen LogP contribution is 2.38. The van der Waals surface area contributed by atoms with Crippen molar-refractivity contribution in [2.24, 2.45) is 11.7 Å². The largest absolute Gasteiger partial charge is 0.397 e. The summed E-state index contributed by atoms with van der Waals surface area (Å²) < 4.78 is 1.04. The van der Waals surface area contributed by atoms with Crippen LogP contribution in [0.2, 0.25) is 0 Å². The molecule has 0 radical (unpaired) electrons. The summed E-state index contributed by atoms with van der Waals surface area (Å²) in [4.78, 5) is 0. The number of quaternary nitrogens is 1. The number of fused-ring (bicyclic) bond motifs is 2. The van der Waals surface area contributed by atoms with Crippen LogP contribution in [0.25, 0.3) is 0 Å². The highest BCUT2D eigenvalue weighted by molar-refractivity contribution is 5.97. The molecule has 2 saturated heterocycles. The number of rotatable bonds is 1. The minimum atomic E-state index is -0.550. The Morgan fingerprint density at radius 1 is 1.67 bits per heavy atom. The van der Waals surface area contributed by atoms with E-state index < -0.39 is 5.60 Å². The second kappa shape index (κ2) is 2.47. The predicted molar refractivity (Wildman–Crippen MR) is 50.1 cm³/mol. The first-order valence-electron chi connectivity index (χ1n) is 4.84. The highest BCUT2D eigenvalue weighted by atomic mass is 16.3. The maximum atomic E-state index is 10.2. The van der Waals surface area contributed by atoms with Crippen molar-refractivity contribution in [2.45, 2.75) is 18.4 Å². The van der Waals surface area contributed by atoms with Crippen LogP contribution in [0.1, 0.15) is 12.8 Å². The van der Waals surface area contributed by atoms with E-state index in [4.69, 9.17) is 5.73 Å². The van der Waals surface area contributed by atoms with E-state index in [2.05, 4.69) is 7.98 Å². The van der Waals surface area contributed by atoms with E-state index in [1.54, 1.807) is 0 Å². The van der Waals surface area contributed by atoms with Gasteiger partial charge in [-0.2, -0.15) is 0 Å². The second-order valence-corrected chi connectivity index (χ2v) is 4.83. The van der Waals surface area contributed by atoms with Gasteiger partial charge in [0.2, 0.25) is 0 Å². The van der Waals surface area contributed by atoms with Crippen LogP contribution in [0.15, 0.2) is 0 Å². The average molecular weight is 169 g/mol. The van der Waals surface area contributed by atoms with Gasteiger partial charge in [0.15, 0.2) is 0 Å². The van der Waals surface area contributed by atoms with Crippen LogP contribution in [-0.2, 0) is 0 Å². The highest BCUT2D eigenvalue weighted by Gasteiger charge is 2.53. The van der Waals surface area contributed by atoms with Gasteiger partial charge in [-0.1, -0.05) is 0 Å². The second-order valence-electron chi connectivity index (χ2n) is 4.83. The van der Waals surface area contributed by atoms with E-state index in [-0.39, 0.29) is 0 Å². The molecular weight excluding hydrogens is 151 g/mol. The van der Waals surface area contributed by atoms with Gasteiger partial charge in [0.1, 0.15) is 5.60 Å². The Hall–Kier alpha value is -0.0551. The molecule has 2 heterocycles. The fourth-order valence-corrected chi connectivity index (χ4v) is 3.04. The summed E-state index contributed by atoms with van der Waals surface area (Å²) >= 11 is 0.